The molecular weight excluding hydrogens is 1040 g/mol. The molecule has 28 heteroatoms. The van der Waals surface area contributed by atoms with Crippen molar-refractivity contribution in [3.05, 3.63) is 83.2 Å². The highest BCUT2D eigenvalue weighted by Gasteiger charge is 2.48. The number of fused-ring (bicyclic) bond motifs is 4. The van der Waals surface area contributed by atoms with Crippen LogP contribution in [0.2, 0.25) is 0 Å². The number of hydrogen-bond donors (Lipinski definition) is 4. The van der Waals surface area contributed by atoms with Crippen molar-refractivity contribution in [2.75, 3.05) is 39.6 Å². The first kappa shape index (κ1) is 53.8. The van der Waals surface area contributed by atoms with Gasteiger partial charge in [-0.3, -0.25) is 28.9 Å². The number of primary sulfonamides is 1. The Balaban J connectivity index is 0.000000132. The number of nitrogens with two attached hydrogens (primary N) is 2. The Bertz CT molecular complexity index is 3040. The van der Waals surface area contributed by atoms with Gasteiger partial charge in [-0.2, -0.15) is 15.0 Å². The van der Waals surface area contributed by atoms with E-state index in [1.807, 2.05) is 18.2 Å². The van der Waals surface area contributed by atoms with Crippen molar-refractivity contribution >= 4 is 55.9 Å². The summed E-state index contributed by atoms with van der Waals surface area (Å²) in [5.41, 5.74) is 11.6. The number of ether oxygens (including phenoxy) is 4. The molecule has 2 aromatic carbocycles. The second-order valence-electron chi connectivity index (χ2n) is 19.3. The lowest BCUT2D eigenvalue weighted by Gasteiger charge is -2.39. The Hall–Kier alpha value is -6.98. The number of hydrogen-bond acceptors (Lipinski definition) is 19. The first-order valence-corrected chi connectivity index (χ1v) is 27.8. The molecule has 8 aliphatic rings. The van der Waals surface area contributed by atoms with Gasteiger partial charge in [0.1, 0.15) is 0 Å². The fraction of sp³-hybridized carbons (Fsp3) is 0.500. The predicted octanol–water partition coefficient (Wildman–Crippen LogP) is 2.37. The minimum Gasteiger partial charge on any atom is -0.477 e. The van der Waals surface area contributed by atoms with E-state index in [1.54, 1.807) is 0 Å². The molecule has 6 amide bonds. The van der Waals surface area contributed by atoms with Crippen LogP contribution in [0.4, 0.5) is 9.59 Å². The van der Waals surface area contributed by atoms with Gasteiger partial charge in [0.2, 0.25) is 21.8 Å². The molecule has 2 unspecified atom stereocenters. The molecule has 4 fully saturated rings. The van der Waals surface area contributed by atoms with Crippen LogP contribution in [0, 0.1) is 10.8 Å². The number of carbonyl (C=O) groups is 6. The number of nitrogens with zero attached hydrogens (tertiary/aromatic N) is 6. The maximum Gasteiger partial charge on any atom is 0.560 e. The molecule has 6 N–H and O–H groups in total. The van der Waals surface area contributed by atoms with E-state index >= 15 is 0 Å². The van der Waals surface area contributed by atoms with E-state index < -0.39 is 55.9 Å². The standard InChI is InChI=1S/C20H24N4O5S.C13H17NO.C9H8N2O7.C6H9N3O3S/c25-19(23-30(26,27)16-13-21-24-8-3-9-29-18(16)24)22-17-15-5-2-1-4-14(15)12-20(17)6-10-28-11-7-20;14-12-11-4-2-1-3-10(11)9-13(12)5-7-15-8-6-13;12-5-1-2-6(13)10(5)17-9(16)18-11-7(14)3-4-8(11)15;7-13(10,11)5-4-8-9-2-1-3-12-6(5)9/h1-2,4-5,13,17H,3,6-12H2,(H2,22,23,25);1-4,12H,5-9,14H2;1-4H2;4H,1-3H2,(H2,7,10,11). The van der Waals surface area contributed by atoms with E-state index in [4.69, 9.17) is 29.8 Å². The first-order chi connectivity index (χ1) is 36.4. The van der Waals surface area contributed by atoms with Crippen molar-refractivity contribution in [2.24, 2.45) is 21.7 Å². The molecule has 2 spiro atoms. The van der Waals surface area contributed by atoms with Crippen LogP contribution in [0.15, 0.2) is 70.7 Å². The zero-order valence-electron chi connectivity index (χ0n) is 41.3. The maximum atomic E-state index is 12.8. The van der Waals surface area contributed by atoms with Crippen molar-refractivity contribution in [1.29, 1.82) is 0 Å². The molecular formula is C48H58N10O16S2. The highest BCUT2D eigenvalue weighted by molar-refractivity contribution is 7.90. The smallest absolute Gasteiger partial charge is 0.477 e. The molecule has 4 aromatic rings. The van der Waals surface area contributed by atoms with E-state index in [2.05, 4.69) is 60.2 Å². The number of hydroxylamine groups is 4. The minimum absolute atomic E-state index is 0.0350. The van der Waals surface area contributed by atoms with Crippen molar-refractivity contribution < 1.29 is 74.2 Å². The van der Waals surface area contributed by atoms with Crippen LogP contribution in [-0.4, -0.2) is 122 Å². The number of imide groups is 2. The van der Waals surface area contributed by atoms with Crippen LogP contribution in [0.3, 0.4) is 0 Å². The van der Waals surface area contributed by atoms with Crippen LogP contribution in [0.5, 0.6) is 11.8 Å². The Morgan fingerprint density at radius 3 is 1.59 bits per heavy atom. The van der Waals surface area contributed by atoms with Crippen LogP contribution >= 0.6 is 0 Å². The fourth-order valence-electron chi connectivity index (χ4n) is 10.6. The summed E-state index contributed by atoms with van der Waals surface area (Å²) in [6.07, 6.45) is 8.14. The number of rotatable bonds is 6. The van der Waals surface area contributed by atoms with E-state index in [0.29, 0.717) is 44.9 Å². The summed E-state index contributed by atoms with van der Waals surface area (Å²) < 4.78 is 74.5. The molecule has 2 aromatic heterocycles. The number of nitrogens with one attached hydrogen (secondary N) is 2. The van der Waals surface area contributed by atoms with Crippen molar-refractivity contribution in [1.82, 2.24) is 39.7 Å². The van der Waals surface area contributed by atoms with Gasteiger partial charge in [-0.05, 0) is 66.2 Å². The van der Waals surface area contributed by atoms with Crippen molar-refractivity contribution in [3.8, 4) is 11.8 Å². The lowest BCUT2D eigenvalue weighted by atomic mass is 9.74. The first-order valence-electron chi connectivity index (χ1n) is 24.8. The number of aryl methyl sites for hydroxylation is 2. The summed E-state index contributed by atoms with van der Waals surface area (Å²) in [6.45, 7) is 5.20. The Kier molecular flexibility index (Phi) is 15.8. The van der Waals surface area contributed by atoms with E-state index in [-0.39, 0.29) is 74.9 Å². The number of sulfonamides is 2. The lowest BCUT2D eigenvalue weighted by molar-refractivity contribution is -0.198. The number of carbonyl (C=O) groups excluding carboxylic acids is 6. The zero-order chi connectivity index (χ0) is 53.8. The molecule has 408 valence electrons. The van der Waals surface area contributed by atoms with Crippen LogP contribution in [-0.2, 0) is 84.3 Å². The summed E-state index contributed by atoms with van der Waals surface area (Å²) in [5, 5.41) is 16.3. The molecule has 8 heterocycles. The molecule has 0 bridgehead atoms. The largest absolute Gasteiger partial charge is 0.560 e. The minimum atomic E-state index is -4.11. The van der Waals surface area contributed by atoms with Crippen molar-refractivity contribution in [2.45, 2.75) is 112 Å². The van der Waals surface area contributed by atoms with Gasteiger partial charge in [-0.25, -0.2) is 40.9 Å². The third kappa shape index (κ3) is 11.4. The van der Waals surface area contributed by atoms with Crippen LogP contribution in [0.1, 0.15) is 98.5 Å². The summed E-state index contributed by atoms with van der Waals surface area (Å²) >= 11 is 0. The van der Waals surface area contributed by atoms with Gasteiger partial charge in [-0.1, -0.05) is 58.7 Å². The maximum absolute atomic E-state index is 12.8. The lowest BCUT2D eigenvalue weighted by Crippen LogP contribution is -2.47. The van der Waals surface area contributed by atoms with E-state index in [1.165, 1.54) is 38.4 Å². The second kappa shape index (κ2) is 22.3. The van der Waals surface area contributed by atoms with Crippen LogP contribution in [0.25, 0.3) is 0 Å². The number of aromatic nitrogens is 4. The third-order valence-corrected chi connectivity index (χ3v) is 16.8. The second-order valence-corrected chi connectivity index (χ2v) is 22.5. The number of benzene rings is 2. The average Bonchev–Trinajstić information content (AvgIpc) is 4.34. The molecule has 2 aliphatic carbocycles. The number of urea groups is 1. The quantitative estimate of drug-likeness (QED) is 0.201. The molecule has 2 atom stereocenters. The topological polar surface area (TPSA) is 344 Å². The van der Waals surface area contributed by atoms with E-state index in [0.717, 1.165) is 70.1 Å². The molecule has 76 heavy (non-hydrogen) atoms. The SMILES string of the molecule is NC1c2ccccc2CC12CCOCC2.NS(=O)(=O)c1cnn2c1OCCC2.O=C(NC1c2ccccc2CC12CCOCC2)NS(=O)(=O)c1cnn2c1OCCC2.O=C(ON1C(=O)CCC1=O)ON1C(=O)CCC1=O. The van der Waals surface area contributed by atoms with E-state index in [9.17, 15) is 45.6 Å². The Morgan fingerprint density at radius 2 is 1.08 bits per heavy atom. The summed E-state index contributed by atoms with van der Waals surface area (Å²) in [4.78, 5) is 76.9. The molecule has 0 radical (unpaired) electrons. The van der Waals surface area contributed by atoms with Gasteiger partial charge in [0.05, 0.1) is 31.6 Å². The van der Waals surface area contributed by atoms with Gasteiger partial charge in [-0.15, -0.1) is 0 Å². The zero-order valence-corrected chi connectivity index (χ0v) is 42.9. The summed E-state index contributed by atoms with van der Waals surface area (Å²) in [6, 6.07) is 15.8. The highest BCUT2D eigenvalue weighted by atomic mass is 32.2. The van der Waals surface area contributed by atoms with Gasteiger partial charge in [0.15, 0.2) is 9.79 Å². The molecule has 26 nitrogen and oxygen atoms in total. The fourth-order valence-corrected chi connectivity index (χ4v) is 12.2. The third-order valence-electron chi connectivity index (χ3n) is 14.6. The predicted molar refractivity (Wildman–Crippen MR) is 260 cm³/mol. The molecule has 4 saturated heterocycles. The summed E-state index contributed by atoms with van der Waals surface area (Å²) in [5.74, 6) is -2.30. The number of amides is 6. The van der Waals surface area contributed by atoms with Gasteiger partial charge < -0.3 is 30.0 Å². The van der Waals surface area contributed by atoms with Crippen molar-refractivity contribution in [3.63, 3.8) is 0 Å². The van der Waals surface area contributed by atoms with Gasteiger partial charge >= 0.3 is 12.2 Å². The molecule has 12 rings (SSSR count). The molecule has 0 saturated carbocycles. The average molecular weight is 1100 g/mol. The Labute approximate surface area is 436 Å². The molecule has 6 aliphatic heterocycles. The Morgan fingerprint density at radius 1 is 0.632 bits per heavy atom. The van der Waals surface area contributed by atoms with Gasteiger partial charge in [0.25, 0.3) is 33.7 Å². The highest BCUT2D eigenvalue weighted by Crippen LogP contribution is 2.52. The summed E-state index contributed by atoms with van der Waals surface area (Å²) in [7, 11) is -7.82. The van der Waals surface area contributed by atoms with Crippen LogP contribution < -0.4 is 30.4 Å². The monoisotopic (exact) mass is 1090 g/mol. The normalized spacial score (nSPS) is 21.7. The van der Waals surface area contributed by atoms with Gasteiger partial charge in [0, 0.05) is 89.5 Å².